The lowest BCUT2D eigenvalue weighted by atomic mass is 10.0. The number of benzene rings is 1. The van der Waals surface area contributed by atoms with Crippen molar-refractivity contribution in [3.05, 3.63) is 35.9 Å². The van der Waals surface area contributed by atoms with Crippen LogP contribution in [0.2, 0.25) is 0 Å². The summed E-state index contributed by atoms with van der Waals surface area (Å²) >= 11 is 0. The number of amides is 2. The predicted octanol–water partition coefficient (Wildman–Crippen LogP) is 1.93. The summed E-state index contributed by atoms with van der Waals surface area (Å²) in [6.45, 7) is 6.63. The van der Waals surface area contributed by atoms with E-state index < -0.39 is 0 Å². The molecular formula is C19H29N3O3. The van der Waals surface area contributed by atoms with Gasteiger partial charge in [0.05, 0.1) is 25.4 Å². The number of nitrogens with one attached hydrogen (secondary N) is 2. The molecule has 2 amide bonds. The lowest BCUT2D eigenvalue weighted by Gasteiger charge is -2.35. The van der Waals surface area contributed by atoms with E-state index in [4.69, 9.17) is 9.47 Å². The van der Waals surface area contributed by atoms with E-state index in [1.165, 1.54) is 5.56 Å². The molecule has 25 heavy (non-hydrogen) atoms. The average Bonchev–Trinajstić information content (AvgIpc) is 2.64. The lowest BCUT2D eigenvalue weighted by molar-refractivity contribution is 0.0141. The molecule has 138 valence electrons. The second-order valence-electron chi connectivity index (χ2n) is 6.83. The van der Waals surface area contributed by atoms with Crippen LogP contribution in [0.5, 0.6) is 0 Å². The van der Waals surface area contributed by atoms with Gasteiger partial charge in [-0.15, -0.1) is 0 Å². The molecule has 0 aromatic heterocycles. The van der Waals surface area contributed by atoms with Gasteiger partial charge in [0.15, 0.2) is 0 Å². The number of hydrogen-bond donors (Lipinski definition) is 2. The molecule has 2 saturated heterocycles. The number of carbonyl (C=O) groups excluding carboxylic acids is 1. The minimum Gasteiger partial charge on any atom is -0.379 e. The SMILES string of the molecule is C[C@@H]1C[C@H](NC(=O)NC[C@H](c2ccccc2)N2CCOCC2)CCO1. The summed E-state index contributed by atoms with van der Waals surface area (Å²) in [7, 11) is 0. The summed E-state index contributed by atoms with van der Waals surface area (Å²) in [5, 5.41) is 6.15. The first kappa shape index (κ1) is 18.2. The molecule has 0 bridgehead atoms. The molecule has 0 saturated carbocycles. The number of rotatable bonds is 5. The predicted molar refractivity (Wildman–Crippen MR) is 96.5 cm³/mol. The molecule has 1 aromatic rings. The minimum atomic E-state index is -0.0895. The van der Waals surface area contributed by atoms with Gasteiger partial charge in [-0.1, -0.05) is 30.3 Å². The van der Waals surface area contributed by atoms with Gasteiger partial charge in [-0.3, -0.25) is 4.90 Å². The van der Waals surface area contributed by atoms with Crippen molar-refractivity contribution < 1.29 is 14.3 Å². The highest BCUT2D eigenvalue weighted by molar-refractivity contribution is 5.74. The first-order valence-corrected chi connectivity index (χ1v) is 9.25. The van der Waals surface area contributed by atoms with E-state index in [0.717, 1.165) is 39.1 Å². The largest absolute Gasteiger partial charge is 0.379 e. The molecular weight excluding hydrogens is 318 g/mol. The number of nitrogens with zero attached hydrogens (tertiary/aromatic N) is 1. The Morgan fingerprint density at radius 3 is 2.72 bits per heavy atom. The molecule has 2 aliphatic rings. The Kier molecular flexibility index (Phi) is 6.67. The molecule has 0 radical (unpaired) electrons. The third kappa shape index (κ3) is 5.42. The lowest BCUT2D eigenvalue weighted by Crippen LogP contribution is -2.49. The van der Waals surface area contributed by atoms with Crippen LogP contribution in [0.25, 0.3) is 0 Å². The fourth-order valence-corrected chi connectivity index (χ4v) is 3.58. The van der Waals surface area contributed by atoms with Crippen LogP contribution < -0.4 is 10.6 Å². The van der Waals surface area contributed by atoms with E-state index in [1.54, 1.807) is 0 Å². The highest BCUT2D eigenvalue weighted by atomic mass is 16.5. The Bertz CT molecular complexity index is 534. The van der Waals surface area contributed by atoms with Crippen molar-refractivity contribution in [1.29, 1.82) is 0 Å². The summed E-state index contributed by atoms with van der Waals surface area (Å²) in [5.74, 6) is 0. The van der Waals surface area contributed by atoms with Crippen molar-refractivity contribution in [3.8, 4) is 0 Å². The second kappa shape index (κ2) is 9.17. The Morgan fingerprint density at radius 1 is 1.24 bits per heavy atom. The van der Waals surface area contributed by atoms with Crippen molar-refractivity contribution in [3.63, 3.8) is 0 Å². The summed E-state index contributed by atoms with van der Waals surface area (Å²) in [6, 6.07) is 10.6. The van der Waals surface area contributed by atoms with Gasteiger partial charge in [0.25, 0.3) is 0 Å². The number of urea groups is 1. The van der Waals surface area contributed by atoms with Gasteiger partial charge in [-0.05, 0) is 25.3 Å². The van der Waals surface area contributed by atoms with Gasteiger partial charge < -0.3 is 20.1 Å². The summed E-state index contributed by atoms with van der Waals surface area (Å²) in [6.07, 6.45) is 1.96. The molecule has 6 nitrogen and oxygen atoms in total. The van der Waals surface area contributed by atoms with Crippen molar-refractivity contribution >= 4 is 6.03 Å². The van der Waals surface area contributed by atoms with E-state index in [0.29, 0.717) is 13.2 Å². The van der Waals surface area contributed by atoms with Gasteiger partial charge in [-0.2, -0.15) is 0 Å². The molecule has 2 fully saturated rings. The van der Waals surface area contributed by atoms with Gasteiger partial charge in [-0.25, -0.2) is 4.79 Å². The minimum absolute atomic E-state index is 0.0895. The second-order valence-corrected chi connectivity index (χ2v) is 6.83. The molecule has 0 spiro atoms. The average molecular weight is 347 g/mol. The highest BCUT2D eigenvalue weighted by Gasteiger charge is 2.24. The standard InChI is InChI=1S/C19H29N3O3/c1-15-13-17(7-10-25-15)21-19(23)20-14-18(16-5-3-2-4-6-16)22-8-11-24-12-9-22/h2-6,15,17-18H,7-14H2,1H3,(H2,20,21,23)/t15-,17-,18-/m1/s1. The molecule has 1 aromatic carbocycles. The third-order valence-corrected chi connectivity index (χ3v) is 4.95. The molecule has 0 aliphatic carbocycles. The molecule has 0 unspecified atom stereocenters. The summed E-state index contributed by atoms with van der Waals surface area (Å²) in [4.78, 5) is 14.7. The van der Waals surface area contributed by atoms with E-state index in [1.807, 2.05) is 18.2 Å². The molecule has 3 rings (SSSR count). The van der Waals surface area contributed by atoms with Crippen molar-refractivity contribution in [2.24, 2.45) is 0 Å². The monoisotopic (exact) mass is 347 g/mol. The van der Waals surface area contributed by atoms with E-state index in [2.05, 4.69) is 34.6 Å². The zero-order valence-electron chi connectivity index (χ0n) is 14.9. The maximum Gasteiger partial charge on any atom is 0.315 e. The Hall–Kier alpha value is -1.63. The topological polar surface area (TPSA) is 62.8 Å². The van der Waals surface area contributed by atoms with Crippen LogP contribution in [-0.4, -0.2) is 62.5 Å². The molecule has 3 atom stereocenters. The number of ether oxygens (including phenoxy) is 2. The van der Waals surface area contributed by atoms with Crippen LogP contribution in [-0.2, 0) is 9.47 Å². The normalized spacial score (nSPS) is 26.0. The molecule has 2 heterocycles. The van der Waals surface area contributed by atoms with E-state index in [9.17, 15) is 4.79 Å². The summed E-state index contributed by atoms with van der Waals surface area (Å²) < 4.78 is 11.0. The molecule has 6 heteroatoms. The van der Waals surface area contributed by atoms with E-state index >= 15 is 0 Å². The van der Waals surface area contributed by atoms with Crippen LogP contribution in [0.15, 0.2) is 30.3 Å². The number of morpholine rings is 1. The quantitative estimate of drug-likeness (QED) is 0.854. The van der Waals surface area contributed by atoms with Gasteiger partial charge in [0.2, 0.25) is 0 Å². The van der Waals surface area contributed by atoms with E-state index in [-0.39, 0.29) is 24.2 Å². The molecule has 2 N–H and O–H groups in total. The first-order valence-electron chi connectivity index (χ1n) is 9.25. The van der Waals surface area contributed by atoms with Gasteiger partial charge in [0.1, 0.15) is 0 Å². The van der Waals surface area contributed by atoms with Crippen LogP contribution in [0, 0.1) is 0 Å². The summed E-state index contributed by atoms with van der Waals surface area (Å²) in [5.41, 5.74) is 1.23. The number of hydrogen-bond acceptors (Lipinski definition) is 4. The van der Waals surface area contributed by atoms with Gasteiger partial charge in [0, 0.05) is 32.3 Å². The maximum atomic E-state index is 12.3. The Labute approximate surface area is 149 Å². The number of carbonyl (C=O) groups is 1. The smallest absolute Gasteiger partial charge is 0.315 e. The van der Waals surface area contributed by atoms with Gasteiger partial charge >= 0.3 is 6.03 Å². The first-order chi connectivity index (χ1) is 12.2. The zero-order valence-corrected chi connectivity index (χ0v) is 14.9. The van der Waals surface area contributed by atoms with Crippen LogP contribution in [0.3, 0.4) is 0 Å². The zero-order chi connectivity index (χ0) is 17.5. The fourth-order valence-electron chi connectivity index (χ4n) is 3.58. The maximum absolute atomic E-state index is 12.3. The molecule has 2 aliphatic heterocycles. The van der Waals surface area contributed by atoms with Crippen molar-refractivity contribution in [2.75, 3.05) is 39.5 Å². The fraction of sp³-hybridized carbons (Fsp3) is 0.632. The highest BCUT2D eigenvalue weighted by Crippen LogP contribution is 2.21. The van der Waals surface area contributed by atoms with Crippen molar-refractivity contribution in [1.82, 2.24) is 15.5 Å². The van der Waals surface area contributed by atoms with Crippen LogP contribution >= 0.6 is 0 Å². The van der Waals surface area contributed by atoms with Crippen LogP contribution in [0.1, 0.15) is 31.4 Å². The third-order valence-electron chi connectivity index (χ3n) is 4.95. The van der Waals surface area contributed by atoms with Crippen molar-refractivity contribution in [2.45, 2.75) is 38.0 Å². The Morgan fingerprint density at radius 2 is 2.00 bits per heavy atom. The Balaban J connectivity index is 1.55. The van der Waals surface area contributed by atoms with Crippen LogP contribution in [0.4, 0.5) is 4.79 Å².